The van der Waals surface area contributed by atoms with Gasteiger partial charge in [-0.25, -0.2) is 4.99 Å². The molecule has 0 heterocycles. The van der Waals surface area contributed by atoms with Crippen LogP contribution in [0.1, 0.15) is 24.0 Å². The lowest BCUT2D eigenvalue weighted by molar-refractivity contribution is 0.265. The molecular formula is C23H30IN3O3. The zero-order chi connectivity index (χ0) is 20.9. The first kappa shape index (κ1) is 25.6. The molecule has 2 rings (SSSR count). The van der Waals surface area contributed by atoms with Crippen molar-refractivity contribution in [3.05, 3.63) is 59.7 Å². The van der Waals surface area contributed by atoms with E-state index >= 15 is 0 Å². The third-order valence-corrected chi connectivity index (χ3v) is 4.31. The average molecular weight is 523 g/mol. The van der Waals surface area contributed by atoms with Crippen molar-refractivity contribution in [3.8, 4) is 23.8 Å². The standard InChI is InChI=1S/C23H29N3O3.HI/c1-4-13-29-22-14-18(11-12-21(22)28-3)15-25-23(24-5-2)26-16-20(17-27)19-9-7-6-8-10-19;/h1,6-12,14,20,27H,5,13,15-17H2,2-3H3,(H2,24,25,26);1H. The van der Waals surface area contributed by atoms with Crippen molar-refractivity contribution in [1.29, 1.82) is 0 Å². The third-order valence-electron chi connectivity index (χ3n) is 4.31. The summed E-state index contributed by atoms with van der Waals surface area (Å²) in [7, 11) is 1.59. The van der Waals surface area contributed by atoms with E-state index in [2.05, 4.69) is 21.5 Å². The van der Waals surface area contributed by atoms with Crippen molar-refractivity contribution >= 4 is 29.9 Å². The Balaban J connectivity index is 0.00000450. The van der Waals surface area contributed by atoms with Crippen LogP contribution in [0.2, 0.25) is 0 Å². The number of nitrogens with one attached hydrogen (secondary N) is 2. The third kappa shape index (κ3) is 8.13. The van der Waals surface area contributed by atoms with E-state index in [1.165, 1.54) is 0 Å². The first-order chi connectivity index (χ1) is 14.2. The van der Waals surface area contributed by atoms with Crippen molar-refractivity contribution in [2.24, 2.45) is 4.99 Å². The van der Waals surface area contributed by atoms with E-state index in [9.17, 15) is 5.11 Å². The maximum absolute atomic E-state index is 9.74. The maximum atomic E-state index is 9.74. The van der Waals surface area contributed by atoms with Crippen LogP contribution < -0.4 is 20.1 Å². The second-order valence-corrected chi connectivity index (χ2v) is 6.34. The molecule has 0 aliphatic carbocycles. The predicted molar refractivity (Wildman–Crippen MR) is 132 cm³/mol. The number of aliphatic imine (C=N–C) groups is 1. The Hall–Kier alpha value is -2.44. The van der Waals surface area contributed by atoms with Crippen LogP contribution in [-0.2, 0) is 6.54 Å². The number of halogens is 1. The molecule has 162 valence electrons. The van der Waals surface area contributed by atoms with Gasteiger partial charge in [-0.3, -0.25) is 0 Å². The lowest BCUT2D eigenvalue weighted by Gasteiger charge is -2.18. The fourth-order valence-corrected chi connectivity index (χ4v) is 2.80. The van der Waals surface area contributed by atoms with E-state index in [0.717, 1.165) is 17.7 Å². The van der Waals surface area contributed by atoms with Crippen LogP contribution in [0.5, 0.6) is 11.5 Å². The van der Waals surface area contributed by atoms with Crippen LogP contribution in [0.25, 0.3) is 0 Å². The normalized spacial score (nSPS) is 11.6. The molecule has 0 aromatic heterocycles. The van der Waals surface area contributed by atoms with Gasteiger partial charge in [-0.05, 0) is 30.2 Å². The maximum Gasteiger partial charge on any atom is 0.191 e. The number of aliphatic hydroxyl groups is 1. The molecule has 0 amide bonds. The fraction of sp³-hybridized carbons (Fsp3) is 0.348. The lowest BCUT2D eigenvalue weighted by Crippen LogP contribution is -2.39. The highest BCUT2D eigenvalue weighted by molar-refractivity contribution is 14.0. The lowest BCUT2D eigenvalue weighted by atomic mass is 10.0. The number of terminal acetylenes is 1. The molecule has 0 spiro atoms. The SMILES string of the molecule is C#CCOc1cc(CN=C(NCC)NCC(CO)c2ccccc2)ccc1OC.I. The summed E-state index contributed by atoms with van der Waals surface area (Å²) in [4.78, 5) is 4.64. The molecule has 0 bridgehead atoms. The molecule has 0 saturated heterocycles. The highest BCUT2D eigenvalue weighted by Gasteiger charge is 2.11. The van der Waals surface area contributed by atoms with Gasteiger partial charge in [0.15, 0.2) is 17.5 Å². The van der Waals surface area contributed by atoms with Gasteiger partial charge in [-0.15, -0.1) is 30.4 Å². The van der Waals surface area contributed by atoms with Crippen molar-refractivity contribution in [1.82, 2.24) is 10.6 Å². The van der Waals surface area contributed by atoms with Crippen molar-refractivity contribution in [2.75, 3.05) is 33.4 Å². The Kier molecular flexibility index (Phi) is 12.4. The predicted octanol–water partition coefficient (Wildman–Crippen LogP) is 3.16. The Morgan fingerprint density at radius 2 is 1.93 bits per heavy atom. The van der Waals surface area contributed by atoms with Gasteiger partial charge >= 0.3 is 0 Å². The number of hydrogen-bond donors (Lipinski definition) is 3. The van der Waals surface area contributed by atoms with Gasteiger partial charge in [0.2, 0.25) is 0 Å². The number of rotatable bonds is 10. The number of ether oxygens (including phenoxy) is 2. The van der Waals surface area contributed by atoms with Crippen LogP contribution >= 0.6 is 24.0 Å². The van der Waals surface area contributed by atoms with Crippen LogP contribution in [-0.4, -0.2) is 44.5 Å². The molecular weight excluding hydrogens is 493 g/mol. The number of methoxy groups -OCH3 is 1. The zero-order valence-electron chi connectivity index (χ0n) is 17.4. The van der Waals surface area contributed by atoms with Gasteiger partial charge < -0.3 is 25.2 Å². The molecule has 0 aliphatic rings. The second kappa shape index (κ2) is 14.5. The molecule has 30 heavy (non-hydrogen) atoms. The minimum absolute atomic E-state index is 0. The summed E-state index contributed by atoms with van der Waals surface area (Å²) in [6, 6.07) is 15.6. The molecule has 6 nitrogen and oxygen atoms in total. The highest BCUT2D eigenvalue weighted by atomic mass is 127. The van der Waals surface area contributed by atoms with Gasteiger partial charge in [0, 0.05) is 19.0 Å². The molecule has 0 aliphatic heterocycles. The Morgan fingerprint density at radius 3 is 2.57 bits per heavy atom. The summed E-state index contributed by atoms with van der Waals surface area (Å²) in [5, 5.41) is 16.3. The first-order valence-corrected chi connectivity index (χ1v) is 9.63. The molecule has 2 aromatic rings. The number of aliphatic hydroxyl groups excluding tert-OH is 1. The number of guanidine groups is 1. The molecule has 1 atom stereocenters. The summed E-state index contributed by atoms with van der Waals surface area (Å²) in [5.74, 6) is 4.36. The van der Waals surface area contributed by atoms with E-state index in [4.69, 9.17) is 15.9 Å². The quantitative estimate of drug-likeness (QED) is 0.193. The van der Waals surface area contributed by atoms with E-state index in [1.807, 2.05) is 55.5 Å². The Labute approximate surface area is 196 Å². The second-order valence-electron chi connectivity index (χ2n) is 6.34. The number of benzene rings is 2. The van der Waals surface area contributed by atoms with Crippen molar-refractivity contribution < 1.29 is 14.6 Å². The zero-order valence-corrected chi connectivity index (χ0v) is 19.8. The van der Waals surface area contributed by atoms with Crippen LogP contribution in [0, 0.1) is 12.3 Å². The molecule has 7 heteroatoms. The average Bonchev–Trinajstić information content (AvgIpc) is 2.77. The van der Waals surface area contributed by atoms with E-state index < -0.39 is 0 Å². The topological polar surface area (TPSA) is 75.1 Å². The molecule has 2 aromatic carbocycles. The minimum Gasteiger partial charge on any atom is -0.493 e. The van der Waals surface area contributed by atoms with Crippen molar-refractivity contribution in [3.63, 3.8) is 0 Å². The van der Waals surface area contributed by atoms with Crippen molar-refractivity contribution in [2.45, 2.75) is 19.4 Å². The minimum atomic E-state index is -0.00944. The summed E-state index contributed by atoms with van der Waals surface area (Å²) >= 11 is 0. The highest BCUT2D eigenvalue weighted by Crippen LogP contribution is 2.28. The van der Waals surface area contributed by atoms with Gasteiger partial charge in [0.05, 0.1) is 20.3 Å². The summed E-state index contributed by atoms with van der Waals surface area (Å²) in [6.45, 7) is 4.02. The molecule has 3 N–H and O–H groups in total. The summed E-state index contributed by atoms with van der Waals surface area (Å²) in [5.41, 5.74) is 2.06. The van der Waals surface area contributed by atoms with Gasteiger partial charge in [0.1, 0.15) is 6.61 Å². The van der Waals surface area contributed by atoms with E-state index in [0.29, 0.717) is 30.5 Å². The molecule has 0 saturated carbocycles. The smallest absolute Gasteiger partial charge is 0.191 e. The van der Waals surface area contributed by atoms with Crippen LogP contribution in [0.3, 0.4) is 0 Å². The summed E-state index contributed by atoms with van der Waals surface area (Å²) in [6.07, 6.45) is 5.28. The monoisotopic (exact) mass is 523 g/mol. The van der Waals surface area contributed by atoms with Gasteiger partial charge in [-0.1, -0.05) is 42.3 Å². The van der Waals surface area contributed by atoms with E-state index in [-0.39, 0.29) is 43.1 Å². The van der Waals surface area contributed by atoms with Crippen LogP contribution in [0.15, 0.2) is 53.5 Å². The number of hydrogen-bond acceptors (Lipinski definition) is 4. The van der Waals surface area contributed by atoms with Gasteiger partial charge in [0.25, 0.3) is 0 Å². The molecule has 0 radical (unpaired) electrons. The largest absolute Gasteiger partial charge is 0.493 e. The number of nitrogens with zero attached hydrogens (tertiary/aromatic N) is 1. The Morgan fingerprint density at radius 1 is 1.17 bits per heavy atom. The molecule has 0 fully saturated rings. The van der Waals surface area contributed by atoms with E-state index in [1.54, 1.807) is 7.11 Å². The van der Waals surface area contributed by atoms with Gasteiger partial charge in [-0.2, -0.15) is 0 Å². The summed E-state index contributed by atoms with van der Waals surface area (Å²) < 4.78 is 10.8. The first-order valence-electron chi connectivity index (χ1n) is 9.63. The van der Waals surface area contributed by atoms with Crippen LogP contribution in [0.4, 0.5) is 0 Å². The fourth-order valence-electron chi connectivity index (χ4n) is 2.80. The Bertz CT molecular complexity index is 822. The molecule has 1 unspecified atom stereocenters.